The fourth-order valence-electron chi connectivity index (χ4n) is 5.49. The topological polar surface area (TPSA) is 90.7 Å². The number of hydrogen-bond acceptors (Lipinski definition) is 6. The molecule has 2 amide bonds. The Morgan fingerprint density at radius 3 is 2.40 bits per heavy atom. The maximum absolute atomic E-state index is 11.9. The van der Waals surface area contributed by atoms with Gasteiger partial charge in [-0.25, -0.2) is 0 Å². The Bertz CT molecular complexity index is 777. The number of imide groups is 1. The fourth-order valence-corrected chi connectivity index (χ4v) is 5.49. The number of anilines is 2. The number of likely N-dealkylation sites (tertiary alicyclic amines) is 1. The molecular weight excluding hydrogens is 378 g/mol. The lowest BCUT2D eigenvalue weighted by molar-refractivity contribution is -0.133. The molecule has 3 saturated heterocycles. The van der Waals surface area contributed by atoms with E-state index in [2.05, 4.69) is 32.6 Å². The molecule has 3 aliphatic heterocycles. The number of hydrogen-bond donors (Lipinski definition) is 3. The molecule has 0 bridgehead atoms. The maximum Gasteiger partial charge on any atom is 0.249 e. The first-order valence-electron chi connectivity index (χ1n) is 11.5. The van der Waals surface area contributed by atoms with Crippen molar-refractivity contribution in [3.05, 3.63) is 24.3 Å². The van der Waals surface area contributed by atoms with Gasteiger partial charge in [0.2, 0.25) is 11.8 Å². The monoisotopic (exact) mass is 411 g/mol. The van der Waals surface area contributed by atoms with Crippen LogP contribution < -0.4 is 21.3 Å². The second-order valence-corrected chi connectivity index (χ2v) is 9.58. The van der Waals surface area contributed by atoms with Crippen molar-refractivity contribution >= 4 is 23.2 Å². The summed E-state index contributed by atoms with van der Waals surface area (Å²) in [6.45, 7) is 5.92. The lowest BCUT2D eigenvalue weighted by atomic mass is 9.93. The van der Waals surface area contributed by atoms with Crippen LogP contribution in [0.4, 0.5) is 11.4 Å². The van der Waals surface area contributed by atoms with E-state index in [9.17, 15) is 9.59 Å². The summed E-state index contributed by atoms with van der Waals surface area (Å²) in [5.74, 6) is 2.00. The summed E-state index contributed by atoms with van der Waals surface area (Å²) in [4.78, 5) is 28.3. The third-order valence-electron chi connectivity index (χ3n) is 7.62. The summed E-state index contributed by atoms with van der Waals surface area (Å²) in [6, 6.07) is 8.50. The molecule has 162 valence electrons. The van der Waals surface area contributed by atoms with Gasteiger partial charge in [0.15, 0.2) is 0 Å². The zero-order valence-corrected chi connectivity index (χ0v) is 17.6. The smallest absolute Gasteiger partial charge is 0.249 e. The van der Waals surface area contributed by atoms with Crippen molar-refractivity contribution < 1.29 is 9.59 Å². The van der Waals surface area contributed by atoms with Crippen LogP contribution in [0, 0.1) is 17.8 Å². The quantitative estimate of drug-likeness (QED) is 0.613. The molecule has 4 N–H and O–H groups in total. The SMILES string of the molecule is NC1[C@H]2CN(CCC3CCN(c4ccc(NC5CCC(=O)NC5=O)cc4)CC3)C[C@@H]12. The number of fused-ring (bicyclic) bond motifs is 1. The summed E-state index contributed by atoms with van der Waals surface area (Å²) < 4.78 is 0. The van der Waals surface area contributed by atoms with Gasteiger partial charge in [-0.1, -0.05) is 0 Å². The summed E-state index contributed by atoms with van der Waals surface area (Å²) in [5.41, 5.74) is 8.21. The first-order valence-corrected chi connectivity index (χ1v) is 11.5. The van der Waals surface area contributed by atoms with Crippen LogP contribution in [-0.4, -0.2) is 61.5 Å². The van der Waals surface area contributed by atoms with Gasteiger partial charge in [0.25, 0.3) is 0 Å². The first kappa shape index (κ1) is 19.8. The van der Waals surface area contributed by atoms with Gasteiger partial charge in [0, 0.05) is 50.0 Å². The molecule has 5 rings (SSSR count). The Kier molecular flexibility index (Phi) is 5.41. The van der Waals surface area contributed by atoms with Gasteiger partial charge in [-0.05, 0) is 74.2 Å². The van der Waals surface area contributed by atoms with Gasteiger partial charge in [-0.2, -0.15) is 0 Å². The minimum atomic E-state index is -0.332. The second-order valence-electron chi connectivity index (χ2n) is 9.58. The summed E-state index contributed by atoms with van der Waals surface area (Å²) in [7, 11) is 0. The minimum Gasteiger partial charge on any atom is -0.374 e. The third-order valence-corrected chi connectivity index (χ3v) is 7.62. The molecule has 30 heavy (non-hydrogen) atoms. The van der Waals surface area contributed by atoms with Crippen molar-refractivity contribution in [1.82, 2.24) is 10.2 Å². The van der Waals surface area contributed by atoms with E-state index in [1.54, 1.807) is 0 Å². The predicted molar refractivity (Wildman–Crippen MR) is 117 cm³/mol. The van der Waals surface area contributed by atoms with Crippen LogP contribution in [0.3, 0.4) is 0 Å². The molecule has 4 aliphatic rings. The third kappa shape index (κ3) is 4.18. The normalized spacial score (nSPS) is 32.1. The molecule has 0 spiro atoms. The molecule has 1 saturated carbocycles. The van der Waals surface area contributed by atoms with Crippen LogP contribution in [0.1, 0.15) is 32.1 Å². The van der Waals surface area contributed by atoms with Crippen LogP contribution in [0.25, 0.3) is 0 Å². The van der Waals surface area contributed by atoms with E-state index in [0.717, 1.165) is 36.5 Å². The molecule has 4 fully saturated rings. The largest absolute Gasteiger partial charge is 0.374 e. The minimum absolute atomic E-state index is 0.182. The van der Waals surface area contributed by atoms with E-state index in [-0.39, 0.29) is 17.9 Å². The highest BCUT2D eigenvalue weighted by Crippen LogP contribution is 2.43. The van der Waals surface area contributed by atoms with Crippen LogP contribution >= 0.6 is 0 Å². The highest BCUT2D eigenvalue weighted by Gasteiger charge is 2.53. The zero-order valence-electron chi connectivity index (χ0n) is 17.6. The Morgan fingerprint density at radius 2 is 1.73 bits per heavy atom. The number of rotatable bonds is 6. The molecule has 1 aliphatic carbocycles. The summed E-state index contributed by atoms with van der Waals surface area (Å²) in [6.07, 6.45) is 4.78. The molecule has 7 nitrogen and oxygen atoms in total. The molecule has 4 atom stereocenters. The predicted octanol–water partition coefficient (Wildman–Crippen LogP) is 1.40. The fraction of sp³-hybridized carbons (Fsp3) is 0.652. The van der Waals surface area contributed by atoms with Crippen LogP contribution in [0.5, 0.6) is 0 Å². The van der Waals surface area contributed by atoms with Gasteiger partial charge < -0.3 is 20.9 Å². The number of amides is 2. The first-order chi connectivity index (χ1) is 14.6. The van der Waals surface area contributed by atoms with E-state index in [0.29, 0.717) is 18.9 Å². The number of carbonyl (C=O) groups is 2. The average Bonchev–Trinajstić information content (AvgIpc) is 3.15. The molecule has 7 heteroatoms. The molecular formula is C23H33N5O2. The number of nitrogens with zero attached hydrogens (tertiary/aromatic N) is 2. The Hall–Kier alpha value is -2.12. The number of benzene rings is 1. The molecule has 3 heterocycles. The van der Waals surface area contributed by atoms with Gasteiger partial charge in [-0.3, -0.25) is 14.9 Å². The number of carbonyl (C=O) groups excluding carboxylic acids is 2. The highest BCUT2D eigenvalue weighted by molar-refractivity contribution is 6.01. The van der Waals surface area contributed by atoms with E-state index in [4.69, 9.17) is 5.73 Å². The Morgan fingerprint density at radius 1 is 1.03 bits per heavy atom. The molecule has 0 aromatic heterocycles. The van der Waals surface area contributed by atoms with Gasteiger partial charge in [0.05, 0.1) is 0 Å². The number of piperidine rings is 3. The van der Waals surface area contributed by atoms with Crippen molar-refractivity contribution in [3.8, 4) is 0 Å². The summed E-state index contributed by atoms with van der Waals surface area (Å²) in [5, 5.41) is 5.64. The molecule has 2 unspecified atom stereocenters. The lowest BCUT2D eigenvalue weighted by Crippen LogP contribution is -2.47. The van der Waals surface area contributed by atoms with Crippen molar-refractivity contribution in [2.24, 2.45) is 23.5 Å². The molecule has 1 aromatic carbocycles. The number of nitrogens with one attached hydrogen (secondary N) is 2. The zero-order chi connectivity index (χ0) is 20.7. The number of nitrogens with two attached hydrogens (primary N) is 1. The van der Waals surface area contributed by atoms with E-state index < -0.39 is 0 Å². The van der Waals surface area contributed by atoms with Gasteiger partial charge >= 0.3 is 0 Å². The van der Waals surface area contributed by atoms with Gasteiger partial charge in [0.1, 0.15) is 6.04 Å². The van der Waals surface area contributed by atoms with E-state index in [1.165, 1.54) is 44.6 Å². The van der Waals surface area contributed by atoms with Crippen LogP contribution in [0.15, 0.2) is 24.3 Å². The average molecular weight is 412 g/mol. The lowest BCUT2D eigenvalue weighted by Gasteiger charge is -2.34. The highest BCUT2D eigenvalue weighted by atomic mass is 16.2. The Labute approximate surface area is 178 Å². The standard InChI is InChI=1S/C23H33N5O2/c24-22-18-13-27(14-19(18)22)10-7-15-8-11-28(12-9-15)17-3-1-16(2-4-17)25-20-5-6-21(29)26-23(20)30/h1-4,15,18-20,22,25H,5-14,24H2,(H,26,29,30)/t18-,19+,20?,22?. The van der Waals surface area contributed by atoms with Gasteiger partial charge in [-0.15, -0.1) is 0 Å². The van der Waals surface area contributed by atoms with Crippen molar-refractivity contribution in [3.63, 3.8) is 0 Å². The summed E-state index contributed by atoms with van der Waals surface area (Å²) >= 11 is 0. The van der Waals surface area contributed by atoms with Crippen molar-refractivity contribution in [2.45, 2.75) is 44.2 Å². The van der Waals surface area contributed by atoms with E-state index in [1.807, 2.05) is 12.1 Å². The molecule has 1 aromatic rings. The molecule has 0 radical (unpaired) electrons. The maximum atomic E-state index is 11.9. The van der Waals surface area contributed by atoms with Crippen LogP contribution in [-0.2, 0) is 9.59 Å². The van der Waals surface area contributed by atoms with Crippen molar-refractivity contribution in [2.75, 3.05) is 42.9 Å². The van der Waals surface area contributed by atoms with Crippen LogP contribution in [0.2, 0.25) is 0 Å². The van der Waals surface area contributed by atoms with E-state index >= 15 is 0 Å². The van der Waals surface area contributed by atoms with Crippen molar-refractivity contribution in [1.29, 1.82) is 0 Å². The second kappa shape index (κ2) is 8.19. The Balaban J connectivity index is 1.05.